The fourth-order valence-electron chi connectivity index (χ4n) is 2.46. The number of carbonyl (C=O) groups excluding carboxylic acids is 1. The van der Waals surface area contributed by atoms with Gasteiger partial charge in [-0.3, -0.25) is 9.69 Å². The second-order valence-electron chi connectivity index (χ2n) is 4.99. The fraction of sp³-hybridized carbons (Fsp3) is 0.917. The molecule has 0 radical (unpaired) electrons. The van der Waals surface area contributed by atoms with Crippen LogP contribution in [0, 0.1) is 5.92 Å². The van der Waals surface area contributed by atoms with Gasteiger partial charge in [-0.15, -0.1) is 0 Å². The van der Waals surface area contributed by atoms with Gasteiger partial charge in [0.15, 0.2) is 0 Å². The van der Waals surface area contributed by atoms with Gasteiger partial charge < -0.3 is 15.0 Å². The first-order valence-electron chi connectivity index (χ1n) is 6.52. The summed E-state index contributed by atoms with van der Waals surface area (Å²) in [5.74, 6) is 0.423. The number of likely N-dealkylation sites (tertiary alicyclic amines) is 1. The molecule has 0 aromatic heterocycles. The lowest BCUT2D eigenvalue weighted by atomic mass is 10.1. The number of hydrogen-bond acceptors (Lipinski definition) is 4. The van der Waals surface area contributed by atoms with Gasteiger partial charge in [0.2, 0.25) is 5.91 Å². The maximum absolute atomic E-state index is 11.9. The van der Waals surface area contributed by atoms with E-state index >= 15 is 0 Å². The third kappa shape index (κ3) is 3.94. The summed E-state index contributed by atoms with van der Waals surface area (Å²) in [5, 5.41) is 3.04. The van der Waals surface area contributed by atoms with Gasteiger partial charge >= 0.3 is 0 Å². The van der Waals surface area contributed by atoms with Crippen molar-refractivity contribution in [2.45, 2.75) is 6.42 Å². The third-order valence-corrected chi connectivity index (χ3v) is 3.59. The van der Waals surface area contributed by atoms with Gasteiger partial charge in [-0.25, -0.2) is 0 Å². The lowest BCUT2D eigenvalue weighted by Gasteiger charge is -2.26. The lowest BCUT2D eigenvalue weighted by molar-refractivity contribution is -0.124. The highest BCUT2D eigenvalue weighted by molar-refractivity contribution is 5.79. The van der Waals surface area contributed by atoms with Crippen LogP contribution in [0.2, 0.25) is 0 Å². The number of morpholine rings is 1. The zero-order valence-corrected chi connectivity index (χ0v) is 10.7. The van der Waals surface area contributed by atoms with E-state index in [1.165, 1.54) is 0 Å². The molecule has 1 amide bonds. The summed E-state index contributed by atoms with van der Waals surface area (Å²) in [6, 6.07) is 0. The van der Waals surface area contributed by atoms with Crippen molar-refractivity contribution in [2.75, 3.05) is 59.5 Å². The Kier molecular flexibility index (Phi) is 4.76. The first-order chi connectivity index (χ1) is 8.25. The maximum atomic E-state index is 11.9. The molecule has 98 valence electrons. The lowest BCUT2D eigenvalue weighted by Crippen LogP contribution is -2.42. The highest BCUT2D eigenvalue weighted by atomic mass is 16.5. The molecule has 0 spiro atoms. The van der Waals surface area contributed by atoms with Crippen LogP contribution in [0.3, 0.4) is 0 Å². The second-order valence-corrected chi connectivity index (χ2v) is 4.99. The number of nitrogens with zero attached hydrogens (tertiary/aromatic N) is 2. The van der Waals surface area contributed by atoms with E-state index in [-0.39, 0.29) is 11.8 Å². The number of hydrogen-bond donors (Lipinski definition) is 1. The summed E-state index contributed by atoms with van der Waals surface area (Å²) in [6.07, 6.45) is 1.000. The fourth-order valence-corrected chi connectivity index (χ4v) is 2.46. The van der Waals surface area contributed by atoms with Crippen molar-refractivity contribution >= 4 is 5.91 Å². The van der Waals surface area contributed by atoms with Gasteiger partial charge in [0.1, 0.15) is 0 Å². The molecule has 1 unspecified atom stereocenters. The smallest absolute Gasteiger partial charge is 0.224 e. The molecule has 2 heterocycles. The Labute approximate surface area is 103 Å². The SMILES string of the molecule is CN1CCC(C(=O)NCCN2CCOCC2)C1. The van der Waals surface area contributed by atoms with Crippen molar-refractivity contribution in [3.05, 3.63) is 0 Å². The third-order valence-electron chi connectivity index (χ3n) is 3.59. The van der Waals surface area contributed by atoms with E-state index in [1.54, 1.807) is 0 Å². The van der Waals surface area contributed by atoms with Crippen LogP contribution in [0.15, 0.2) is 0 Å². The molecule has 0 aromatic carbocycles. The van der Waals surface area contributed by atoms with Crippen LogP contribution in [0.4, 0.5) is 0 Å². The van der Waals surface area contributed by atoms with Gasteiger partial charge in [-0.1, -0.05) is 0 Å². The monoisotopic (exact) mass is 241 g/mol. The molecule has 1 atom stereocenters. The van der Waals surface area contributed by atoms with Crippen molar-refractivity contribution in [3.8, 4) is 0 Å². The minimum Gasteiger partial charge on any atom is -0.379 e. The normalized spacial score (nSPS) is 27.2. The summed E-state index contributed by atoms with van der Waals surface area (Å²) in [6.45, 7) is 7.27. The van der Waals surface area contributed by atoms with E-state index in [0.717, 1.165) is 58.9 Å². The molecule has 2 fully saturated rings. The highest BCUT2D eigenvalue weighted by Crippen LogP contribution is 2.13. The Morgan fingerprint density at radius 2 is 2.12 bits per heavy atom. The molecule has 0 saturated carbocycles. The van der Waals surface area contributed by atoms with Gasteiger partial charge in [0.25, 0.3) is 0 Å². The van der Waals surface area contributed by atoms with E-state index in [9.17, 15) is 4.79 Å². The Bertz CT molecular complexity index is 254. The van der Waals surface area contributed by atoms with E-state index in [0.29, 0.717) is 0 Å². The molecule has 5 heteroatoms. The first-order valence-corrected chi connectivity index (χ1v) is 6.52. The minimum absolute atomic E-state index is 0.199. The zero-order valence-electron chi connectivity index (χ0n) is 10.7. The average Bonchev–Trinajstić information content (AvgIpc) is 2.77. The Hall–Kier alpha value is -0.650. The molecule has 2 aliphatic rings. The molecule has 5 nitrogen and oxygen atoms in total. The quantitative estimate of drug-likeness (QED) is 0.713. The summed E-state index contributed by atoms with van der Waals surface area (Å²) in [7, 11) is 2.07. The largest absolute Gasteiger partial charge is 0.379 e. The zero-order chi connectivity index (χ0) is 12.1. The predicted octanol–water partition coefficient (Wildman–Crippen LogP) is -0.613. The molecular weight excluding hydrogens is 218 g/mol. The molecule has 2 rings (SSSR count). The topological polar surface area (TPSA) is 44.8 Å². The molecule has 0 bridgehead atoms. The van der Waals surface area contributed by atoms with Crippen molar-refractivity contribution < 1.29 is 9.53 Å². The number of nitrogens with one attached hydrogen (secondary N) is 1. The van der Waals surface area contributed by atoms with Crippen LogP contribution < -0.4 is 5.32 Å². The molecule has 0 aliphatic carbocycles. The van der Waals surface area contributed by atoms with E-state index in [2.05, 4.69) is 22.2 Å². The standard InChI is InChI=1S/C12H23N3O2/c1-14-4-2-11(10-14)12(16)13-3-5-15-6-8-17-9-7-15/h11H,2-10H2,1H3,(H,13,16). The number of carbonyl (C=O) groups is 1. The molecule has 17 heavy (non-hydrogen) atoms. The summed E-state index contributed by atoms with van der Waals surface area (Å²) in [5.41, 5.74) is 0. The van der Waals surface area contributed by atoms with Crippen LogP contribution in [0.5, 0.6) is 0 Å². The van der Waals surface area contributed by atoms with Gasteiger partial charge in [0, 0.05) is 32.7 Å². The Balaban J connectivity index is 1.59. The van der Waals surface area contributed by atoms with Gasteiger partial charge in [-0.2, -0.15) is 0 Å². The van der Waals surface area contributed by atoms with Crippen molar-refractivity contribution in [2.24, 2.45) is 5.92 Å². The van der Waals surface area contributed by atoms with Crippen LogP contribution in [0.25, 0.3) is 0 Å². The number of rotatable bonds is 4. The second kappa shape index (κ2) is 6.33. The van der Waals surface area contributed by atoms with Gasteiger partial charge in [-0.05, 0) is 20.0 Å². The Morgan fingerprint density at radius 1 is 1.35 bits per heavy atom. The van der Waals surface area contributed by atoms with E-state index in [1.807, 2.05) is 0 Å². The van der Waals surface area contributed by atoms with Crippen molar-refractivity contribution in [1.82, 2.24) is 15.1 Å². The van der Waals surface area contributed by atoms with Crippen molar-refractivity contribution in [3.63, 3.8) is 0 Å². The predicted molar refractivity (Wildman–Crippen MR) is 65.9 cm³/mol. The molecule has 2 aliphatic heterocycles. The summed E-state index contributed by atoms with van der Waals surface area (Å²) >= 11 is 0. The summed E-state index contributed by atoms with van der Waals surface area (Å²) < 4.78 is 5.29. The molecule has 0 aromatic rings. The van der Waals surface area contributed by atoms with E-state index < -0.39 is 0 Å². The van der Waals surface area contributed by atoms with Crippen LogP contribution in [-0.4, -0.2) is 75.2 Å². The molecular formula is C12H23N3O2. The first kappa shape index (κ1) is 12.8. The molecule has 1 N–H and O–H groups in total. The highest BCUT2D eigenvalue weighted by Gasteiger charge is 2.25. The Morgan fingerprint density at radius 3 is 2.76 bits per heavy atom. The van der Waals surface area contributed by atoms with E-state index in [4.69, 9.17) is 4.74 Å². The molecule has 2 saturated heterocycles. The minimum atomic E-state index is 0.199. The average molecular weight is 241 g/mol. The van der Waals surface area contributed by atoms with Crippen molar-refractivity contribution in [1.29, 1.82) is 0 Å². The number of amides is 1. The van der Waals surface area contributed by atoms with Crippen LogP contribution in [0.1, 0.15) is 6.42 Å². The maximum Gasteiger partial charge on any atom is 0.224 e. The van der Waals surface area contributed by atoms with Crippen LogP contribution in [-0.2, 0) is 9.53 Å². The number of ether oxygens (including phenoxy) is 1. The summed E-state index contributed by atoms with van der Waals surface area (Å²) in [4.78, 5) is 16.4. The van der Waals surface area contributed by atoms with Gasteiger partial charge in [0.05, 0.1) is 19.1 Å². The van der Waals surface area contributed by atoms with Crippen LogP contribution >= 0.6 is 0 Å².